The second kappa shape index (κ2) is 5.91. The standard InChI is InChI=1S/C15H21N3O2/c1-17(2)9-12-10-18(7-8-19-12)11-15-16-13-5-3-4-6-14(13)20-15/h3-6,12H,7-11H2,1-2H3/t12-/m1/s1. The number of morpholine rings is 1. The molecule has 1 fully saturated rings. The van der Waals surface area contributed by atoms with Gasteiger partial charge in [0.15, 0.2) is 5.58 Å². The summed E-state index contributed by atoms with van der Waals surface area (Å²) in [7, 11) is 4.15. The van der Waals surface area contributed by atoms with E-state index >= 15 is 0 Å². The summed E-state index contributed by atoms with van der Waals surface area (Å²) >= 11 is 0. The predicted molar refractivity (Wildman–Crippen MR) is 77.6 cm³/mol. The molecule has 1 saturated heterocycles. The van der Waals surface area contributed by atoms with E-state index in [0.29, 0.717) is 0 Å². The first-order valence-electron chi connectivity index (χ1n) is 7.04. The summed E-state index contributed by atoms with van der Waals surface area (Å²) in [4.78, 5) is 9.04. The number of rotatable bonds is 4. The van der Waals surface area contributed by atoms with Crippen LogP contribution in [0.25, 0.3) is 11.1 Å². The Morgan fingerprint density at radius 3 is 3.00 bits per heavy atom. The molecule has 1 aromatic heterocycles. The molecule has 0 bridgehead atoms. The summed E-state index contributed by atoms with van der Waals surface area (Å²) in [5.74, 6) is 0.789. The molecule has 2 aromatic rings. The molecule has 1 aliphatic heterocycles. The van der Waals surface area contributed by atoms with Crippen molar-refractivity contribution >= 4 is 11.1 Å². The average Bonchev–Trinajstić information content (AvgIpc) is 2.80. The van der Waals surface area contributed by atoms with Crippen LogP contribution in [-0.4, -0.2) is 61.2 Å². The summed E-state index contributed by atoms with van der Waals surface area (Å²) < 4.78 is 11.6. The van der Waals surface area contributed by atoms with Gasteiger partial charge in [0.05, 0.1) is 19.3 Å². The number of aromatic nitrogens is 1. The van der Waals surface area contributed by atoms with Crippen LogP contribution in [0.3, 0.4) is 0 Å². The summed E-state index contributed by atoms with van der Waals surface area (Å²) in [6, 6.07) is 7.89. The molecule has 0 aliphatic carbocycles. The Morgan fingerprint density at radius 2 is 2.20 bits per heavy atom. The maximum Gasteiger partial charge on any atom is 0.209 e. The van der Waals surface area contributed by atoms with Gasteiger partial charge in [-0.05, 0) is 26.2 Å². The van der Waals surface area contributed by atoms with Crippen LogP contribution in [0.1, 0.15) is 5.89 Å². The molecule has 0 saturated carbocycles. The molecule has 0 N–H and O–H groups in total. The van der Waals surface area contributed by atoms with Gasteiger partial charge >= 0.3 is 0 Å². The normalized spacial score (nSPS) is 20.9. The average molecular weight is 275 g/mol. The molecule has 108 valence electrons. The van der Waals surface area contributed by atoms with Gasteiger partial charge in [0, 0.05) is 19.6 Å². The van der Waals surface area contributed by atoms with Crippen molar-refractivity contribution in [2.45, 2.75) is 12.6 Å². The maximum atomic E-state index is 5.78. The van der Waals surface area contributed by atoms with Crippen LogP contribution in [0.5, 0.6) is 0 Å². The van der Waals surface area contributed by atoms with E-state index in [1.54, 1.807) is 0 Å². The molecule has 0 radical (unpaired) electrons. The third-order valence-corrected chi connectivity index (χ3v) is 3.49. The Kier molecular flexibility index (Phi) is 4.00. The topological polar surface area (TPSA) is 41.7 Å². The molecule has 1 aromatic carbocycles. The van der Waals surface area contributed by atoms with Crippen molar-refractivity contribution in [2.24, 2.45) is 0 Å². The Labute approximate surface area is 119 Å². The number of ether oxygens (including phenoxy) is 1. The van der Waals surface area contributed by atoms with Crippen LogP contribution in [-0.2, 0) is 11.3 Å². The molecule has 5 heteroatoms. The van der Waals surface area contributed by atoms with Crippen molar-refractivity contribution in [2.75, 3.05) is 40.3 Å². The summed E-state index contributed by atoms with van der Waals surface area (Å²) in [5.41, 5.74) is 1.79. The number of hydrogen-bond donors (Lipinski definition) is 0. The minimum Gasteiger partial charge on any atom is -0.439 e. The smallest absolute Gasteiger partial charge is 0.209 e. The Morgan fingerprint density at radius 1 is 1.35 bits per heavy atom. The van der Waals surface area contributed by atoms with E-state index in [0.717, 1.165) is 49.8 Å². The van der Waals surface area contributed by atoms with Crippen molar-refractivity contribution in [3.63, 3.8) is 0 Å². The summed E-state index contributed by atoms with van der Waals surface area (Å²) in [5, 5.41) is 0. The van der Waals surface area contributed by atoms with Gasteiger partial charge < -0.3 is 14.1 Å². The van der Waals surface area contributed by atoms with Gasteiger partial charge in [-0.2, -0.15) is 0 Å². The molecule has 3 rings (SSSR count). The van der Waals surface area contributed by atoms with E-state index in [1.807, 2.05) is 24.3 Å². The first-order chi connectivity index (χ1) is 9.70. The van der Waals surface area contributed by atoms with Crippen LogP contribution >= 0.6 is 0 Å². The fourth-order valence-corrected chi connectivity index (χ4v) is 2.62. The maximum absolute atomic E-state index is 5.78. The van der Waals surface area contributed by atoms with Crippen molar-refractivity contribution in [3.05, 3.63) is 30.2 Å². The highest BCUT2D eigenvalue weighted by Gasteiger charge is 2.22. The van der Waals surface area contributed by atoms with Crippen LogP contribution in [0.4, 0.5) is 0 Å². The van der Waals surface area contributed by atoms with Crippen molar-refractivity contribution in [1.82, 2.24) is 14.8 Å². The van der Waals surface area contributed by atoms with E-state index in [4.69, 9.17) is 9.15 Å². The van der Waals surface area contributed by atoms with Gasteiger partial charge in [-0.1, -0.05) is 12.1 Å². The van der Waals surface area contributed by atoms with E-state index in [-0.39, 0.29) is 6.10 Å². The molecule has 0 amide bonds. The molecule has 1 atom stereocenters. The number of benzene rings is 1. The number of hydrogen-bond acceptors (Lipinski definition) is 5. The second-order valence-corrected chi connectivity index (χ2v) is 5.57. The van der Waals surface area contributed by atoms with E-state index in [2.05, 4.69) is 28.9 Å². The lowest BCUT2D eigenvalue weighted by molar-refractivity contribution is -0.0425. The predicted octanol–water partition coefficient (Wildman–Crippen LogP) is 1.59. The molecule has 0 unspecified atom stereocenters. The Bertz CT molecular complexity index is 534. The highest BCUT2D eigenvalue weighted by Crippen LogP contribution is 2.17. The van der Waals surface area contributed by atoms with E-state index < -0.39 is 0 Å². The first-order valence-corrected chi connectivity index (χ1v) is 7.04. The number of fused-ring (bicyclic) bond motifs is 1. The fourth-order valence-electron chi connectivity index (χ4n) is 2.62. The zero-order valence-corrected chi connectivity index (χ0v) is 12.1. The lowest BCUT2D eigenvalue weighted by Gasteiger charge is -2.33. The quantitative estimate of drug-likeness (QED) is 0.847. The van der Waals surface area contributed by atoms with Crippen molar-refractivity contribution in [3.8, 4) is 0 Å². The Balaban J connectivity index is 1.64. The van der Waals surface area contributed by atoms with Gasteiger partial charge in [-0.15, -0.1) is 0 Å². The zero-order valence-electron chi connectivity index (χ0n) is 12.1. The van der Waals surface area contributed by atoms with Crippen LogP contribution in [0.15, 0.2) is 28.7 Å². The number of para-hydroxylation sites is 2. The van der Waals surface area contributed by atoms with Crippen LogP contribution in [0.2, 0.25) is 0 Å². The number of likely N-dealkylation sites (N-methyl/N-ethyl adjacent to an activating group) is 1. The van der Waals surface area contributed by atoms with Gasteiger partial charge in [0.25, 0.3) is 0 Å². The van der Waals surface area contributed by atoms with Crippen molar-refractivity contribution < 1.29 is 9.15 Å². The number of nitrogens with zero attached hydrogens (tertiary/aromatic N) is 3. The highest BCUT2D eigenvalue weighted by atomic mass is 16.5. The highest BCUT2D eigenvalue weighted by molar-refractivity contribution is 5.72. The van der Waals surface area contributed by atoms with Crippen molar-refractivity contribution in [1.29, 1.82) is 0 Å². The molecule has 5 nitrogen and oxygen atoms in total. The lowest BCUT2D eigenvalue weighted by atomic mass is 10.2. The monoisotopic (exact) mass is 275 g/mol. The van der Waals surface area contributed by atoms with Crippen LogP contribution < -0.4 is 0 Å². The fraction of sp³-hybridized carbons (Fsp3) is 0.533. The molecular formula is C15H21N3O2. The summed E-state index contributed by atoms with van der Waals surface area (Å²) in [6.07, 6.45) is 0.267. The molecule has 20 heavy (non-hydrogen) atoms. The molecule has 0 spiro atoms. The SMILES string of the molecule is CN(C)C[C@@H]1CN(Cc2nc3ccccc3o2)CCO1. The van der Waals surface area contributed by atoms with Gasteiger partial charge in [-0.3, -0.25) is 4.90 Å². The lowest BCUT2D eigenvalue weighted by Crippen LogP contribution is -2.46. The molecular weight excluding hydrogens is 254 g/mol. The third-order valence-electron chi connectivity index (χ3n) is 3.49. The Hall–Kier alpha value is -1.43. The minimum atomic E-state index is 0.267. The molecule has 1 aliphatic rings. The molecule has 2 heterocycles. The number of oxazole rings is 1. The zero-order chi connectivity index (χ0) is 13.9. The summed E-state index contributed by atoms with van der Waals surface area (Å²) in [6.45, 7) is 4.34. The third kappa shape index (κ3) is 3.17. The first kappa shape index (κ1) is 13.5. The van der Waals surface area contributed by atoms with Crippen LogP contribution in [0, 0.1) is 0 Å². The van der Waals surface area contributed by atoms with Gasteiger partial charge in [0.1, 0.15) is 5.52 Å². The van der Waals surface area contributed by atoms with E-state index in [9.17, 15) is 0 Å². The van der Waals surface area contributed by atoms with Gasteiger partial charge in [0.2, 0.25) is 5.89 Å². The largest absolute Gasteiger partial charge is 0.439 e. The second-order valence-electron chi connectivity index (χ2n) is 5.57. The minimum absolute atomic E-state index is 0.267. The van der Waals surface area contributed by atoms with E-state index in [1.165, 1.54) is 0 Å². The van der Waals surface area contributed by atoms with Gasteiger partial charge in [-0.25, -0.2) is 4.98 Å².